The molecule has 0 unspecified atom stereocenters. The molecule has 1 aromatic rings. The van der Waals surface area contributed by atoms with Gasteiger partial charge < -0.3 is 5.32 Å². The number of benzene rings is 1. The molecule has 17 heavy (non-hydrogen) atoms. The van der Waals surface area contributed by atoms with E-state index in [0.717, 1.165) is 18.6 Å². The van der Waals surface area contributed by atoms with E-state index in [1.54, 1.807) is 0 Å². The monoisotopic (exact) mass is 243 g/mol. The highest BCUT2D eigenvalue weighted by atomic mass is 19.4. The van der Waals surface area contributed by atoms with Gasteiger partial charge >= 0.3 is 6.18 Å². The molecule has 0 spiro atoms. The van der Waals surface area contributed by atoms with E-state index in [4.69, 9.17) is 0 Å². The van der Waals surface area contributed by atoms with Crippen molar-refractivity contribution >= 4 is 11.5 Å². The Kier molecular flexibility index (Phi) is 2.85. The summed E-state index contributed by atoms with van der Waals surface area (Å²) in [6.45, 7) is 1.93. The van der Waals surface area contributed by atoms with Gasteiger partial charge in [0.2, 0.25) is 0 Å². The van der Waals surface area contributed by atoms with E-state index in [2.05, 4.69) is 5.32 Å². The molecule has 0 saturated heterocycles. The number of carbonyl (C=O) groups excluding carboxylic acids is 1. The van der Waals surface area contributed by atoms with Crippen LogP contribution in [0.25, 0.3) is 0 Å². The number of fused-ring (bicyclic) bond motifs is 1. The van der Waals surface area contributed by atoms with Gasteiger partial charge in [-0.15, -0.1) is 0 Å². The second-order valence-electron chi connectivity index (χ2n) is 4.13. The van der Waals surface area contributed by atoms with Crippen LogP contribution in [-0.4, -0.2) is 11.8 Å². The van der Waals surface area contributed by atoms with Gasteiger partial charge in [-0.05, 0) is 24.6 Å². The highest BCUT2D eigenvalue weighted by molar-refractivity contribution is 6.03. The van der Waals surface area contributed by atoms with Crippen LogP contribution >= 0.6 is 0 Å². The minimum absolute atomic E-state index is 0.0201. The van der Waals surface area contributed by atoms with Crippen molar-refractivity contribution in [3.8, 4) is 0 Å². The molecule has 0 bridgehead atoms. The number of hydrogen-bond donors (Lipinski definition) is 1. The van der Waals surface area contributed by atoms with Gasteiger partial charge in [0, 0.05) is 23.7 Å². The first-order chi connectivity index (χ1) is 7.91. The zero-order chi connectivity index (χ0) is 12.6. The maximum Gasteiger partial charge on any atom is 0.416 e. The van der Waals surface area contributed by atoms with Gasteiger partial charge in [-0.1, -0.05) is 6.92 Å². The molecular formula is C12H12F3NO. The molecule has 0 fully saturated rings. The lowest BCUT2D eigenvalue weighted by Gasteiger charge is -2.25. The number of alkyl halides is 3. The summed E-state index contributed by atoms with van der Waals surface area (Å²) in [6, 6.07) is 3.28. The molecule has 5 heteroatoms. The van der Waals surface area contributed by atoms with E-state index in [9.17, 15) is 18.0 Å². The van der Waals surface area contributed by atoms with Crippen LogP contribution in [0.3, 0.4) is 0 Å². The molecule has 1 aliphatic rings. The first kappa shape index (κ1) is 12.0. The number of halogens is 3. The largest absolute Gasteiger partial charge is 0.416 e. The molecule has 1 atom stereocenters. The lowest BCUT2D eigenvalue weighted by molar-refractivity contribution is -0.137. The Morgan fingerprint density at radius 3 is 2.71 bits per heavy atom. The minimum Gasteiger partial charge on any atom is -0.381 e. The third-order valence-corrected chi connectivity index (χ3v) is 2.93. The quantitative estimate of drug-likeness (QED) is 0.818. The average Bonchev–Trinajstić information content (AvgIpc) is 2.27. The first-order valence-corrected chi connectivity index (χ1v) is 5.42. The van der Waals surface area contributed by atoms with E-state index >= 15 is 0 Å². The fourth-order valence-corrected chi connectivity index (χ4v) is 1.93. The zero-order valence-electron chi connectivity index (χ0n) is 9.27. The van der Waals surface area contributed by atoms with Crippen molar-refractivity contribution < 1.29 is 18.0 Å². The minimum atomic E-state index is -4.41. The maximum atomic E-state index is 12.5. The van der Waals surface area contributed by atoms with Crippen LogP contribution in [0.15, 0.2) is 18.2 Å². The second-order valence-corrected chi connectivity index (χ2v) is 4.13. The first-order valence-electron chi connectivity index (χ1n) is 5.42. The number of hydrogen-bond acceptors (Lipinski definition) is 2. The van der Waals surface area contributed by atoms with Crippen molar-refractivity contribution in [2.24, 2.45) is 0 Å². The molecule has 1 heterocycles. The van der Waals surface area contributed by atoms with Crippen LogP contribution in [0.5, 0.6) is 0 Å². The van der Waals surface area contributed by atoms with Crippen molar-refractivity contribution in [3.63, 3.8) is 0 Å². The van der Waals surface area contributed by atoms with Gasteiger partial charge in [-0.2, -0.15) is 13.2 Å². The van der Waals surface area contributed by atoms with Crippen molar-refractivity contribution in [2.45, 2.75) is 32.0 Å². The molecular weight excluding hydrogens is 231 g/mol. The summed E-state index contributed by atoms with van der Waals surface area (Å²) in [5.41, 5.74) is -0.132. The Hall–Kier alpha value is -1.52. The van der Waals surface area contributed by atoms with Crippen molar-refractivity contribution in [1.29, 1.82) is 0 Å². The Labute approximate surface area is 96.8 Å². The molecule has 1 aliphatic heterocycles. The third-order valence-electron chi connectivity index (χ3n) is 2.93. The van der Waals surface area contributed by atoms with Crippen LogP contribution in [0, 0.1) is 0 Å². The van der Waals surface area contributed by atoms with Crippen LogP contribution in [-0.2, 0) is 6.18 Å². The van der Waals surface area contributed by atoms with Crippen LogP contribution < -0.4 is 5.32 Å². The standard InChI is InChI=1S/C12H12F3NO/c1-2-8-6-11(17)9-5-7(12(13,14)15)3-4-10(9)16-8/h3-5,8,16H,2,6H2,1H3/t8-/m1/s1. The lowest BCUT2D eigenvalue weighted by atomic mass is 9.94. The predicted molar refractivity (Wildman–Crippen MR) is 58.1 cm³/mol. The van der Waals surface area contributed by atoms with Gasteiger partial charge in [-0.25, -0.2) is 0 Å². The van der Waals surface area contributed by atoms with E-state index in [-0.39, 0.29) is 23.8 Å². The summed E-state index contributed by atoms with van der Waals surface area (Å²) < 4.78 is 37.5. The lowest BCUT2D eigenvalue weighted by Crippen LogP contribution is -2.29. The average molecular weight is 243 g/mol. The van der Waals surface area contributed by atoms with E-state index in [0.29, 0.717) is 5.69 Å². The van der Waals surface area contributed by atoms with Crippen LogP contribution in [0.4, 0.5) is 18.9 Å². The smallest absolute Gasteiger partial charge is 0.381 e. The summed E-state index contributed by atoms with van der Waals surface area (Å²) in [4.78, 5) is 11.7. The van der Waals surface area contributed by atoms with Crippen molar-refractivity contribution in [3.05, 3.63) is 29.3 Å². The number of ketones is 1. The number of rotatable bonds is 1. The molecule has 0 aromatic heterocycles. The Bertz CT molecular complexity index is 454. The van der Waals surface area contributed by atoms with Gasteiger partial charge in [-0.3, -0.25) is 4.79 Å². The molecule has 2 rings (SSSR count). The number of nitrogens with one attached hydrogen (secondary N) is 1. The van der Waals surface area contributed by atoms with Crippen molar-refractivity contribution in [1.82, 2.24) is 0 Å². The summed E-state index contributed by atoms with van der Waals surface area (Å²) >= 11 is 0. The number of Topliss-reactive ketones (excluding diaryl/α,β-unsaturated/α-hetero) is 1. The Morgan fingerprint density at radius 2 is 2.12 bits per heavy atom. The fraction of sp³-hybridized carbons (Fsp3) is 0.417. The highest BCUT2D eigenvalue weighted by Gasteiger charge is 2.33. The van der Waals surface area contributed by atoms with E-state index < -0.39 is 11.7 Å². The van der Waals surface area contributed by atoms with E-state index in [1.807, 2.05) is 6.92 Å². The predicted octanol–water partition coefficient (Wildman–Crippen LogP) is 3.48. The zero-order valence-corrected chi connectivity index (χ0v) is 9.27. The molecule has 0 amide bonds. The second kappa shape index (κ2) is 4.05. The SMILES string of the molecule is CC[C@@H]1CC(=O)c2cc(C(F)(F)F)ccc2N1. The fourth-order valence-electron chi connectivity index (χ4n) is 1.93. The van der Waals surface area contributed by atoms with Crippen LogP contribution in [0.2, 0.25) is 0 Å². The van der Waals surface area contributed by atoms with Gasteiger partial charge in [0.15, 0.2) is 5.78 Å². The normalized spacial score (nSPS) is 19.8. The molecule has 1 N–H and O–H groups in total. The van der Waals surface area contributed by atoms with Gasteiger partial charge in [0.1, 0.15) is 0 Å². The highest BCUT2D eigenvalue weighted by Crippen LogP contribution is 2.34. The number of anilines is 1. The van der Waals surface area contributed by atoms with Crippen molar-refractivity contribution in [2.75, 3.05) is 5.32 Å². The van der Waals surface area contributed by atoms with Gasteiger partial charge in [0.25, 0.3) is 0 Å². The topological polar surface area (TPSA) is 29.1 Å². The maximum absolute atomic E-state index is 12.5. The summed E-state index contributed by atoms with van der Waals surface area (Å²) in [7, 11) is 0. The van der Waals surface area contributed by atoms with Gasteiger partial charge in [0.05, 0.1) is 5.56 Å². The summed E-state index contributed by atoms with van der Waals surface area (Å²) in [6.07, 6.45) is -3.38. The molecule has 1 aromatic carbocycles. The Morgan fingerprint density at radius 1 is 1.41 bits per heavy atom. The molecule has 0 aliphatic carbocycles. The third kappa shape index (κ3) is 2.28. The number of carbonyl (C=O) groups is 1. The van der Waals surface area contributed by atoms with E-state index in [1.165, 1.54) is 6.07 Å². The molecule has 2 nitrogen and oxygen atoms in total. The summed E-state index contributed by atoms with van der Waals surface area (Å²) in [5, 5.41) is 3.07. The Balaban J connectivity index is 2.41. The summed E-state index contributed by atoms with van der Waals surface area (Å²) in [5.74, 6) is -0.225. The molecule has 0 radical (unpaired) electrons. The molecule has 92 valence electrons. The van der Waals surface area contributed by atoms with Crippen LogP contribution in [0.1, 0.15) is 35.7 Å². The molecule has 0 saturated carbocycles.